The lowest BCUT2D eigenvalue weighted by atomic mass is 10.1. The summed E-state index contributed by atoms with van der Waals surface area (Å²) in [6.07, 6.45) is -6.52. The van der Waals surface area contributed by atoms with Crippen LogP contribution in [-0.4, -0.2) is 12.6 Å². The number of carbonyl (C=O) groups is 1. The topological polar surface area (TPSA) is 26.3 Å². The Hall–Kier alpha value is -2.77. The van der Waals surface area contributed by atoms with Crippen LogP contribution >= 0.6 is 0 Å². The van der Waals surface area contributed by atoms with Crippen LogP contribution in [0.15, 0.2) is 42.5 Å². The Labute approximate surface area is 138 Å². The normalized spacial score (nSPS) is 12.4. The Morgan fingerprint density at radius 1 is 0.800 bits per heavy atom. The lowest BCUT2D eigenvalue weighted by molar-refractivity contribution is -0.274. The molecular weight excluding hydrogens is 350 g/mol. The molecule has 0 fully saturated rings. The van der Waals surface area contributed by atoms with Crippen molar-refractivity contribution in [1.29, 1.82) is 0 Å². The van der Waals surface area contributed by atoms with Crippen LogP contribution in [0.2, 0.25) is 0 Å². The predicted octanol–water partition coefficient (Wildman–Crippen LogP) is 5.59. The smallest absolute Gasteiger partial charge is 0.406 e. The van der Waals surface area contributed by atoms with Crippen LogP contribution in [0.4, 0.5) is 26.3 Å². The number of benzene rings is 2. The third-order valence-corrected chi connectivity index (χ3v) is 3.00. The molecule has 25 heavy (non-hydrogen) atoms. The molecular formula is C17H10F6O2. The van der Waals surface area contributed by atoms with E-state index in [-0.39, 0.29) is 16.7 Å². The second-order valence-electron chi connectivity index (χ2n) is 4.96. The zero-order valence-electron chi connectivity index (χ0n) is 12.4. The zero-order chi connectivity index (χ0) is 18.7. The fraction of sp³-hybridized carbons (Fsp3) is 0.118. The maximum atomic E-state index is 12.7. The highest BCUT2D eigenvalue weighted by Crippen LogP contribution is 2.30. The third kappa shape index (κ3) is 5.66. The molecule has 0 atom stereocenters. The Balaban J connectivity index is 2.31. The van der Waals surface area contributed by atoms with Gasteiger partial charge >= 0.3 is 12.5 Å². The van der Waals surface area contributed by atoms with Crippen molar-refractivity contribution in [3.8, 4) is 5.75 Å². The predicted molar refractivity (Wildman–Crippen MR) is 78.9 cm³/mol. The molecule has 0 aliphatic heterocycles. The Bertz CT molecular complexity index is 790. The van der Waals surface area contributed by atoms with E-state index in [4.69, 9.17) is 0 Å². The van der Waals surface area contributed by atoms with E-state index in [2.05, 4.69) is 4.74 Å². The number of aldehydes is 1. The molecule has 0 aliphatic rings. The number of carbonyl (C=O) groups excluding carboxylic acids is 1. The molecule has 2 aromatic carbocycles. The average molecular weight is 360 g/mol. The van der Waals surface area contributed by atoms with Crippen LogP contribution in [0.3, 0.4) is 0 Å². The third-order valence-electron chi connectivity index (χ3n) is 3.00. The molecule has 8 heteroatoms. The van der Waals surface area contributed by atoms with Crippen LogP contribution in [0.25, 0.3) is 12.2 Å². The first-order valence-corrected chi connectivity index (χ1v) is 6.78. The number of alkyl halides is 6. The Kier molecular flexibility index (Phi) is 5.20. The summed E-state index contributed by atoms with van der Waals surface area (Å²) in [6.45, 7) is 0. The van der Waals surface area contributed by atoms with Gasteiger partial charge in [0, 0.05) is 5.56 Å². The van der Waals surface area contributed by atoms with Crippen LogP contribution in [-0.2, 0) is 6.18 Å². The van der Waals surface area contributed by atoms with E-state index in [1.807, 2.05) is 0 Å². The minimum atomic E-state index is -4.93. The van der Waals surface area contributed by atoms with Crippen molar-refractivity contribution in [2.45, 2.75) is 12.5 Å². The Morgan fingerprint density at radius 2 is 1.44 bits per heavy atom. The van der Waals surface area contributed by atoms with Gasteiger partial charge in [-0.05, 0) is 41.5 Å². The lowest BCUT2D eigenvalue weighted by Gasteiger charge is -2.10. The van der Waals surface area contributed by atoms with E-state index < -0.39 is 23.9 Å². The summed E-state index contributed by atoms with van der Waals surface area (Å²) in [7, 11) is 0. The molecule has 0 spiro atoms. The van der Waals surface area contributed by atoms with Crippen molar-refractivity contribution in [2.24, 2.45) is 0 Å². The molecule has 0 radical (unpaired) electrons. The van der Waals surface area contributed by atoms with Crippen molar-refractivity contribution in [3.63, 3.8) is 0 Å². The van der Waals surface area contributed by atoms with Gasteiger partial charge in [-0.1, -0.05) is 24.3 Å². The first-order chi connectivity index (χ1) is 11.6. The van der Waals surface area contributed by atoms with E-state index in [1.165, 1.54) is 30.4 Å². The van der Waals surface area contributed by atoms with Crippen LogP contribution in [0.5, 0.6) is 5.75 Å². The number of rotatable bonds is 4. The van der Waals surface area contributed by atoms with Gasteiger partial charge in [-0.2, -0.15) is 13.2 Å². The second-order valence-corrected chi connectivity index (χ2v) is 4.96. The molecule has 132 valence electrons. The van der Waals surface area contributed by atoms with E-state index in [9.17, 15) is 31.1 Å². The highest BCUT2D eigenvalue weighted by molar-refractivity contribution is 5.79. The highest BCUT2D eigenvalue weighted by atomic mass is 19.4. The van der Waals surface area contributed by atoms with E-state index >= 15 is 0 Å². The number of ether oxygens (including phenoxy) is 1. The average Bonchev–Trinajstić information content (AvgIpc) is 2.50. The summed E-state index contributed by atoms with van der Waals surface area (Å²) >= 11 is 0. The summed E-state index contributed by atoms with van der Waals surface area (Å²) in [6, 6.07) is 7.62. The maximum absolute atomic E-state index is 12.7. The zero-order valence-corrected chi connectivity index (χ0v) is 12.4. The second kappa shape index (κ2) is 7.00. The standard InChI is InChI=1S/C17H10F6O2/c18-16(19,20)14-3-1-2-11(7-14)4-5-12-6-13(10-24)9-15(8-12)25-17(21,22)23/h1-10H/b5-4+. The fourth-order valence-corrected chi connectivity index (χ4v) is 2.01. The summed E-state index contributed by atoms with van der Waals surface area (Å²) < 4.78 is 78.6. The van der Waals surface area contributed by atoms with Crippen LogP contribution in [0, 0.1) is 0 Å². The summed E-state index contributed by atoms with van der Waals surface area (Å²) in [5.41, 5.74) is -0.547. The van der Waals surface area contributed by atoms with Gasteiger partial charge in [0.1, 0.15) is 12.0 Å². The van der Waals surface area contributed by atoms with Gasteiger partial charge in [0.05, 0.1) is 5.56 Å². The molecule has 0 saturated heterocycles. The Morgan fingerprint density at radius 3 is 2.04 bits per heavy atom. The number of hydrogen-bond acceptors (Lipinski definition) is 2. The van der Waals surface area contributed by atoms with Gasteiger partial charge in [0.2, 0.25) is 0 Å². The van der Waals surface area contributed by atoms with Crippen LogP contribution < -0.4 is 4.74 Å². The van der Waals surface area contributed by atoms with Crippen molar-refractivity contribution in [2.75, 3.05) is 0 Å². The van der Waals surface area contributed by atoms with E-state index in [1.54, 1.807) is 0 Å². The quantitative estimate of drug-likeness (QED) is 0.404. The molecule has 0 heterocycles. The SMILES string of the molecule is O=Cc1cc(/C=C/c2cccc(C(F)(F)F)c2)cc(OC(F)(F)F)c1. The van der Waals surface area contributed by atoms with Crippen molar-refractivity contribution >= 4 is 18.4 Å². The number of hydrogen-bond donors (Lipinski definition) is 0. The van der Waals surface area contributed by atoms with E-state index in [0.717, 1.165) is 24.3 Å². The van der Waals surface area contributed by atoms with Gasteiger partial charge in [-0.25, -0.2) is 0 Å². The van der Waals surface area contributed by atoms with Crippen LogP contribution in [0.1, 0.15) is 27.0 Å². The molecule has 0 bridgehead atoms. The molecule has 0 aliphatic carbocycles. The van der Waals surface area contributed by atoms with Crippen molar-refractivity contribution < 1.29 is 35.9 Å². The molecule has 2 rings (SSSR count). The molecule has 0 aromatic heterocycles. The fourth-order valence-electron chi connectivity index (χ4n) is 2.01. The maximum Gasteiger partial charge on any atom is 0.573 e. The van der Waals surface area contributed by atoms with Gasteiger partial charge in [0.25, 0.3) is 0 Å². The molecule has 0 amide bonds. The summed E-state index contributed by atoms with van der Waals surface area (Å²) in [5.74, 6) is -0.596. The molecule has 0 saturated carbocycles. The molecule has 0 unspecified atom stereocenters. The van der Waals surface area contributed by atoms with Gasteiger partial charge < -0.3 is 4.74 Å². The summed E-state index contributed by atoms with van der Waals surface area (Å²) in [5, 5.41) is 0. The highest BCUT2D eigenvalue weighted by Gasteiger charge is 2.31. The lowest BCUT2D eigenvalue weighted by Crippen LogP contribution is -2.17. The molecule has 0 N–H and O–H groups in total. The minimum absolute atomic E-state index is 0.0644. The van der Waals surface area contributed by atoms with Gasteiger partial charge in [-0.3, -0.25) is 4.79 Å². The first kappa shape index (κ1) is 18.6. The first-order valence-electron chi connectivity index (χ1n) is 6.78. The molecule has 2 aromatic rings. The van der Waals surface area contributed by atoms with Crippen molar-refractivity contribution in [1.82, 2.24) is 0 Å². The molecule has 2 nitrogen and oxygen atoms in total. The van der Waals surface area contributed by atoms with Gasteiger partial charge in [0.15, 0.2) is 0 Å². The largest absolute Gasteiger partial charge is 0.573 e. The minimum Gasteiger partial charge on any atom is -0.406 e. The van der Waals surface area contributed by atoms with Crippen molar-refractivity contribution in [3.05, 3.63) is 64.7 Å². The summed E-state index contributed by atoms with van der Waals surface area (Å²) in [4.78, 5) is 10.8. The monoisotopic (exact) mass is 360 g/mol. The number of halogens is 6. The van der Waals surface area contributed by atoms with E-state index in [0.29, 0.717) is 6.29 Å². The van der Waals surface area contributed by atoms with Gasteiger partial charge in [-0.15, -0.1) is 13.2 Å².